The molecular weight excluding hydrogens is 671 g/mol. The number of hydrogen-bond donors (Lipinski definition) is 0. The summed E-state index contributed by atoms with van der Waals surface area (Å²) < 4.78 is 12.7. The molecule has 3 nitrogen and oxygen atoms in total. The number of anilines is 3. The minimum absolute atomic E-state index is 0.860. The number of para-hydroxylation sites is 2. The van der Waals surface area contributed by atoms with Gasteiger partial charge in [0.05, 0.1) is 11.1 Å². The van der Waals surface area contributed by atoms with Crippen LogP contribution in [0, 0.1) is 0 Å². The first kappa shape index (κ1) is 31.2. The summed E-state index contributed by atoms with van der Waals surface area (Å²) >= 11 is 0. The molecule has 2 aromatic heterocycles. The standard InChI is InChI=1S/C52H33NO2/c1-3-12-34(13-4-1)35-24-27-39(28-25-35)53(46-18-11-21-49-52(46)43-17-8-10-20-48(43)54-49)40-29-30-41(44(33-40)36-14-5-2-6-15-36)38-23-22-37-26-31-50-51(45(37)32-38)42-16-7-9-19-47(42)55-50/h1-33H. The van der Waals surface area contributed by atoms with Crippen LogP contribution >= 0.6 is 0 Å². The van der Waals surface area contributed by atoms with Crippen molar-refractivity contribution in [2.75, 3.05) is 4.90 Å². The molecule has 0 spiro atoms. The molecule has 0 atom stereocenters. The van der Waals surface area contributed by atoms with Gasteiger partial charge in [0.1, 0.15) is 22.3 Å². The summed E-state index contributed by atoms with van der Waals surface area (Å²) in [5, 5.41) is 6.83. The van der Waals surface area contributed by atoms with Crippen molar-refractivity contribution in [2.24, 2.45) is 0 Å². The fourth-order valence-corrected chi connectivity index (χ4v) is 8.29. The van der Waals surface area contributed by atoms with E-state index in [2.05, 4.69) is 181 Å². The van der Waals surface area contributed by atoms with Gasteiger partial charge < -0.3 is 13.7 Å². The summed E-state index contributed by atoms with van der Waals surface area (Å²) in [6.45, 7) is 0. The van der Waals surface area contributed by atoms with Crippen LogP contribution in [0.5, 0.6) is 0 Å². The molecule has 0 aliphatic rings. The van der Waals surface area contributed by atoms with Crippen LogP contribution in [-0.4, -0.2) is 0 Å². The molecule has 0 N–H and O–H groups in total. The topological polar surface area (TPSA) is 29.5 Å². The van der Waals surface area contributed by atoms with Crippen molar-refractivity contribution in [1.82, 2.24) is 0 Å². The maximum atomic E-state index is 6.42. The molecule has 258 valence electrons. The lowest BCUT2D eigenvalue weighted by atomic mass is 9.91. The predicted molar refractivity (Wildman–Crippen MR) is 229 cm³/mol. The summed E-state index contributed by atoms with van der Waals surface area (Å²) in [6, 6.07) is 71.1. The van der Waals surface area contributed by atoms with Crippen molar-refractivity contribution in [3.05, 3.63) is 200 Å². The minimum Gasteiger partial charge on any atom is -0.456 e. The van der Waals surface area contributed by atoms with Crippen molar-refractivity contribution in [3.63, 3.8) is 0 Å². The van der Waals surface area contributed by atoms with Gasteiger partial charge >= 0.3 is 0 Å². The van der Waals surface area contributed by atoms with E-state index in [0.29, 0.717) is 0 Å². The fraction of sp³-hybridized carbons (Fsp3) is 0. The number of furan rings is 2. The Hall–Kier alpha value is -7.36. The first-order valence-electron chi connectivity index (χ1n) is 18.7. The third-order valence-corrected chi connectivity index (χ3v) is 10.9. The quantitative estimate of drug-likeness (QED) is 0.173. The van der Waals surface area contributed by atoms with E-state index in [0.717, 1.165) is 83.2 Å². The summed E-state index contributed by atoms with van der Waals surface area (Å²) in [4.78, 5) is 2.37. The van der Waals surface area contributed by atoms with Crippen LogP contribution in [0.25, 0.3) is 88.0 Å². The van der Waals surface area contributed by atoms with Gasteiger partial charge in [-0.05, 0) is 105 Å². The van der Waals surface area contributed by atoms with Crippen LogP contribution in [-0.2, 0) is 0 Å². The van der Waals surface area contributed by atoms with Crippen molar-refractivity contribution >= 4 is 71.7 Å². The lowest BCUT2D eigenvalue weighted by Crippen LogP contribution is -2.10. The minimum atomic E-state index is 0.860. The molecule has 0 bridgehead atoms. The maximum absolute atomic E-state index is 6.42. The smallest absolute Gasteiger partial charge is 0.137 e. The fourth-order valence-electron chi connectivity index (χ4n) is 8.29. The van der Waals surface area contributed by atoms with Crippen molar-refractivity contribution < 1.29 is 8.83 Å². The van der Waals surface area contributed by atoms with Crippen LogP contribution in [0.15, 0.2) is 209 Å². The zero-order chi connectivity index (χ0) is 36.3. The van der Waals surface area contributed by atoms with E-state index in [1.807, 2.05) is 24.3 Å². The molecule has 2 heterocycles. The molecule has 9 aromatic carbocycles. The number of nitrogens with zero attached hydrogens (tertiary/aromatic N) is 1. The number of benzene rings is 9. The average molecular weight is 704 g/mol. The third-order valence-electron chi connectivity index (χ3n) is 10.9. The van der Waals surface area contributed by atoms with Gasteiger partial charge in [-0.3, -0.25) is 0 Å². The molecule has 11 aromatic rings. The maximum Gasteiger partial charge on any atom is 0.137 e. The molecule has 0 unspecified atom stereocenters. The van der Waals surface area contributed by atoms with Gasteiger partial charge in [0.2, 0.25) is 0 Å². The molecule has 3 heteroatoms. The van der Waals surface area contributed by atoms with Crippen LogP contribution in [0.3, 0.4) is 0 Å². The highest BCUT2D eigenvalue weighted by molar-refractivity contribution is 6.19. The Morgan fingerprint density at radius 3 is 1.62 bits per heavy atom. The Morgan fingerprint density at radius 2 is 0.873 bits per heavy atom. The zero-order valence-corrected chi connectivity index (χ0v) is 29.8. The van der Waals surface area contributed by atoms with E-state index in [4.69, 9.17) is 8.83 Å². The van der Waals surface area contributed by atoms with Gasteiger partial charge in [-0.15, -0.1) is 0 Å². The largest absolute Gasteiger partial charge is 0.456 e. The van der Waals surface area contributed by atoms with Crippen molar-refractivity contribution in [1.29, 1.82) is 0 Å². The SMILES string of the molecule is c1ccc(-c2ccc(N(c3ccc(-c4ccc5ccc6oc7ccccc7c6c5c4)c(-c4ccccc4)c3)c3cccc4oc5ccccc5c34)cc2)cc1. The second-order valence-corrected chi connectivity index (χ2v) is 14.1. The Bertz CT molecular complexity index is 3190. The van der Waals surface area contributed by atoms with Crippen LogP contribution in [0.2, 0.25) is 0 Å². The highest BCUT2D eigenvalue weighted by atomic mass is 16.3. The van der Waals surface area contributed by atoms with Crippen LogP contribution in [0.4, 0.5) is 17.1 Å². The van der Waals surface area contributed by atoms with E-state index in [9.17, 15) is 0 Å². The van der Waals surface area contributed by atoms with Gasteiger partial charge in [-0.2, -0.15) is 0 Å². The third kappa shape index (κ3) is 5.20. The lowest BCUT2D eigenvalue weighted by molar-refractivity contribution is 0.668. The van der Waals surface area contributed by atoms with E-state index < -0.39 is 0 Å². The molecule has 0 radical (unpaired) electrons. The molecule has 0 saturated heterocycles. The van der Waals surface area contributed by atoms with Gasteiger partial charge in [0.15, 0.2) is 0 Å². The van der Waals surface area contributed by atoms with E-state index >= 15 is 0 Å². The average Bonchev–Trinajstić information content (AvgIpc) is 3.84. The van der Waals surface area contributed by atoms with Gasteiger partial charge in [-0.25, -0.2) is 0 Å². The van der Waals surface area contributed by atoms with Crippen LogP contribution in [0.1, 0.15) is 0 Å². The highest BCUT2D eigenvalue weighted by Crippen LogP contribution is 2.46. The summed E-state index contributed by atoms with van der Waals surface area (Å²) in [5.41, 5.74) is 13.7. The Kier molecular flexibility index (Phi) is 7.17. The van der Waals surface area contributed by atoms with Crippen molar-refractivity contribution in [3.8, 4) is 33.4 Å². The van der Waals surface area contributed by atoms with Crippen molar-refractivity contribution in [2.45, 2.75) is 0 Å². The van der Waals surface area contributed by atoms with E-state index in [1.165, 1.54) is 21.9 Å². The molecule has 0 amide bonds. The monoisotopic (exact) mass is 703 g/mol. The van der Waals surface area contributed by atoms with E-state index in [-0.39, 0.29) is 0 Å². The predicted octanol–water partition coefficient (Wildman–Crippen LogP) is 15.1. The molecule has 0 aliphatic carbocycles. The summed E-state index contributed by atoms with van der Waals surface area (Å²) in [7, 11) is 0. The normalized spacial score (nSPS) is 11.6. The molecular formula is C52H33NO2. The molecule has 55 heavy (non-hydrogen) atoms. The van der Waals surface area contributed by atoms with E-state index in [1.54, 1.807) is 0 Å². The highest BCUT2D eigenvalue weighted by Gasteiger charge is 2.21. The van der Waals surface area contributed by atoms with Gasteiger partial charge in [-0.1, -0.05) is 140 Å². The second kappa shape index (κ2) is 12.6. The first-order chi connectivity index (χ1) is 27.3. The number of fused-ring (bicyclic) bond motifs is 8. The molecule has 11 rings (SSSR count). The van der Waals surface area contributed by atoms with Gasteiger partial charge in [0.25, 0.3) is 0 Å². The molecule has 0 saturated carbocycles. The lowest BCUT2D eigenvalue weighted by Gasteiger charge is -2.27. The Labute approximate surface area is 317 Å². The number of hydrogen-bond acceptors (Lipinski definition) is 3. The number of rotatable bonds is 6. The summed E-state index contributed by atoms with van der Waals surface area (Å²) in [6.07, 6.45) is 0. The Morgan fingerprint density at radius 1 is 0.309 bits per heavy atom. The van der Waals surface area contributed by atoms with Crippen LogP contribution < -0.4 is 4.90 Å². The zero-order valence-electron chi connectivity index (χ0n) is 29.8. The molecule has 0 aliphatic heterocycles. The van der Waals surface area contributed by atoms with Gasteiger partial charge in [0, 0.05) is 27.5 Å². The second-order valence-electron chi connectivity index (χ2n) is 14.1. The molecule has 0 fully saturated rings. The Balaban J connectivity index is 1.14. The summed E-state index contributed by atoms with van der Waals surface area (Å²) in [5.74, 6) is 0. The first-order valence-corrected chi connectivity index (χ1v) is 18.7.